The summed E-state index contributed by atoms with van der Waals surface area (Å²) in [5.74, 6) is 1.77. The highest BCUT2D eigenvalue weighted by molar-refractivity contribution is 5.67. The molecular formula is C18H26N2O3. The minimum absolute atomic E-state index is 0.0313. The molecule has 1 saturated carbocycles. The van der Waals surface area contributed by atoms with Gasteiger partial charge in [-0.2, -0.15) is 0 Å². The molecule has 1 aromatic rings. The van der Waals surface area contributed by atoms with Gasteiger partial charge in [0.2, 0.25) is 0 Å². The minimum atomic E-state index is -0.480. The molecule has 1 heterocycles. The molecule has 23 heavy (non-hydrogen) atoms. The molecule has 126 valence electrons. The quantitative estimate of drug-likeness (QED) is 0.874. The monoisotopic (exact) mass is 318 g/mol. The zero-order valence-electron chi connectivity index (χ0n) is 14.1. The van der Waals surface area contributed by atoms with E-state index >= 15 is 0 Å². The van der Waals surface area contributed by atoms with Gasteiger partial charge in [0, 0.05) is 18.7 Å². The van der Waals surface area contributed by atoms with E-state index in [1.807, 2.05) is 26.8 Å². The van der Waals surface area contributed by atoms with Gasteiger partial charge in [0.1, 0.15) is 17.5 Å². The first-order valence-corrected chi connectivity index (χ1v) is 8.39. The number of rotatable bonds is 5. The molecule has 0 aromatic heterocycles. The Morgan fingerprint density at radius 3 is 2.78 bits per heavy atom. The van der Waals surface area contributed by atoms with Crippen molar-refractivity contribution < 1.29 is 14.3 Å². The van der Waals surface area contributed by atoms with E-state index in [2.05, 4.69) is 22.8 Å². The first-order chi connectivity index (χ1) is 10.9. The predicted octanol–water partition coefficient (Wildman–Crippen LogP) is 3.34. The summed E-state index contributed by atoms with van der Waals surface area (Å²) < 4.78 is 11.1. The van der Waals surface area contributed by atoms with Crippen molar-refractivity contribution in [1.29, 1.82) is 0 Å². The van der Waals surface area contributed by atoms with Crippen LogP contribution >= 0.6 is 0 Å². The summed E-state index contributed by atoms with van der Waals surface area (Å²) in [6, 6.07) is 6.23. The Bertz CT molecular complexity index is 576. The van der Waals surface area contributed by atoms with Crippen LogP contribution in [0.2, 0.25) is 0 Å². The van der Waals surface area contributed by atoms with Crippen LogP contribution in [-0.4, -0.2) is 30.9 Å². The molecule has 0 bridgehead atoms. The molecule has 5 nitrogen and oxygen atoms in total. The molecule has 3 rings (SSSR count). The van der Waals surface area contributed by atoms with Gasteiger partial charge in [-0.3, -0.25) is 0 Å². The van der Waals surface area contributed by atoms with E-state index in [1.165, 1.54) is 18.4 Å². The third-order valence-electron chi connectivity index (χ3n) is 3.97. The van der Waals surface area contributed by atoms with E-state index in [-0.39, 0.29) is 6.10 Å². The van der Waals surface area contributed by atoms with Crippen molar-refractivity contribution in [3.63, 3.8) is 0 Å². The maximum Gasteiger partial charge on any atom is 0.407 e. The maximum atomic E-state index is 11.7. The minimum Gasteiger partial charge on any atom is -0.488 e. The number of carbonyl (C=O) groups is 1. The molecule has 1 aliphatic heterocycles. The largest absolute Gasteiger partial charge is 0.488 e. The van der Waals surface area contributed by atoms with E-state index in [1.54, 1.807) is 0 Å². The fraction of sp³-hybridized carbons (Fsp3) is 0.611. The highest BCUT2D eigenvalue weighted by atomic mass is 16.6. The molecule has 0 saturated heterocycles. The maximum absolute atomic E-state index is 11.7. The summed E-state index contributed by atoms with van der Waals surface area (Å²) in [5.41, 5.74) is 1.87. The normalized spacial score (nSPS) is 19.7. The van der Waals surface area contributed by atoms with Crippen molar-refractivity contribution in [1.82, 2.24) is 5.32 Å². The number of ether oxygens (including phenoxy) is 2. The summed E-state index contributed by atoms with van der Waals surface area (Å²) in [5, 5.41) is 6.26. The van der Waals surface area contributed by atoms with E-state index in [9.17, 15) is 4.79 Å². The number of nitrogens with one attached hydrogen (secondary N) is 2. The Kier molecular flexibility index (Phi) is 4.37. The number of amides is 1. The molecule has 1 unspecified atom stereocenters. The average molecular weight is 318 g/mol. The molecule has 2 N–H and O–H groups in total. The van der Waals surface area contributed by atoms with Crippen LogP contribution in [0.4, 0.5) is 10.5 Å². The fourth-order valence-corrected chi connectivity index (χ4v) is 2.64. The number of hydrogen-bond donors (Lipinski definition) is 2. The van der Waals surface area contributed by atoms with Gasteiger partial charge in [0.05, 0.1) is 6.54 Å². The third-order valence-corrected chi connectivity index (χ3v) is 3.97. The smallest absolute Gasteiger partial charge is 0.407 e. The van der Waals surface area contributed by atoms with E-state index < -0.39 is 11.7 Å². The van der Waals surface area contributed by atoms with Crippen molar-refractivity contribution in [2.75, 3.05) is 18.4 Å². The summed E-state index contributed by atoms with van der Waals surface area (Å²) in [4.78, 5) is 11.7. The Balaban J connectivity index is 1.47. The number of alkyl carbamates (subject to hydrolysis) is 1. The lowest BCUT2D eigenvalue weighted by atomic mass is 10.1. The first kappa shape index (κ1) is 16.0. The zero-order chi connectivity index (χ0) is 16.4. The summed E-state index contributed by atoms with van der Waals surface area (Å²) >= 11 is 0. The van der Waals surface area contributed by atoms with Crippen LogP contribution in [0.3, 0.4) is 0 Å². The molecule has 5 heteroatoms. The molecule has 1 fully saturated rings. The highest BCUT2D eigenvalue weighted by Crippen LogP contribution is 2.32. The van der Waals surface area contributed by atoms with Crippen molar-refractivity contribution in [3.8, 4) is 5.75 Å². The van der Waals surface area contributed by atoms with Crippen molar-refractivity contribution in [2.24, 2.45) is 5.92 Å². The van der Waals surface area contributed by atoms with Crippen molar-refractivity contribution in [2.45, 2.75) is 51.7 Å². The standard InChI is InChI=1S/C18H26N2O3/c1-18(2,3)23-17(21)20-11-15-9-13-8-14(6-7-16(13)22-15)19-10-12-4-5-12/h6-8,12,15,19H,4-5,9-11H2,1-3H3,(H,20,21). The number of carbonyl (C=O) groups excluding carboxylic acids is 1. The summed E-state index contributed by atoms with van der Waals surface area (Å²) in [7, 11) is 0. The molecule has 0 radical (unpaired) electrons. The zero-order valence-corrected chi connectivity index (χ0v) is 14.1. The summed E-state index contributed by atoms with van der Waals surface area (Å²) in [6.45, 7) is 7.07. The first-order valence-electron chi connectivity index (χ1n) is 8.39. The third kappa shape index (κ3) is 4.78. The van der Waals surface area contributed by atoms with Gasteiger partial charge < -0.3 is 20.1 Å². The molecule has 0 spiro atoms. The van der Waals surface area contributed by atoms with Crippen LogP contribution < -0.4 is 15.4 Å². The van der Waals surface area contributed by atoms with Gasteiger partial charge in [-0.1, -0.05) is 0 Å². The number of fused-ring (bicyclic) bond motifs is 1. The van der Waals surface area contributed by atoms with Gasteiger partial charge in [0.25, 0.3) is 0 Å². The van der Waals surface area contributed by atoms with E-state index in [4.69, 9.17) is 9.47 Å². The topological polar surface area (TPSA) is 59.6 Å². The number of benzene rings is 1. The van der Waals surface area contributed by atoms with Crippen LogP contribution in [-0.2, 0) is 11.2 Å². The van der Waals surface area contributed by atoms with Crippen molar-refractivity contribution in [3.05, 3.63) is 23.8 Å². The molecule has 2 aliphatic rings. The molecule has 1 aliphatic carbocycles. The summed E-state index contributed by atoms with van der Waals surface area (Å²) in [6.07, 6.45) is 3.07. The Morgan fingerprint density at radius 2 is 2.09 bits per heavy atom. The Morgan fingerprint density at radius 1 is 1.30 bits per heavy atom. The number of anilines is 1. The lowest BCUT2D eigenvalue weighted by molar-refractivity contribution is 0.0506. The second-order valence-electron chi connectivity index (χ2n) is 7.47. The highest BCUT2D eigenvalue weighted by Gasteiger charge is 2.25. The van der Waals surface area contributed by atoms with E-state index in [0.29, 0.717) is 6.54 Å². The lowest BCUT2D eigenvalue weighted by Gasteiger charge is -2.20. The number of hydrogen-bond acceptors (Lipinski definition) is 4. The van der Waals surface area contributed by atoms with Gasteiger partial charge in [0.15, 0.2) is 0 Å². The average Bonchev–Trinajstić information content (AvgIpc) is 3.19. The van der Waals surface area contributed by atoms with Crippen LogP contribution in [0.1, 0.15) is 39.2 Å². The fourth-order valence-electron chi connectivity index (χ4n) is 2.64. The molecular weight excluding hydrogens is 292 g/mol. The van der Waals surface area contributed by atoms with Crippen LogP contribution in [0.25, 0.3) is 0 Å². The predicted molar refractivity (Wildman–Crippen MR) is 90.0 cm³/mol. The second kappa shape index (κ2) is 6.30. The van der Waals surface area contributed by atoms with Crippen LogP contribution in [0, 0.1) is 5.92 Å². The lowest BCUT2D eigenvalue weighted by Crippen LogP contribution is -2.38. The van der Waals surface area contributed by atoms with Crippen molar-refractivity contribution >= 4 is 11.8 Å². The van der Waals surface area contributed by atoms with Gasteiger partial charge in [-0.25, -0.2) is 4.79 Å². The van der Waals surface area contributed by atoms with Gasteiger partial charge >= 0.3 is 6.09 Å². The van der Waals surface area contributed by atoms with E-state index in [0.717, 1.165) is 30.3 Å². The molecule has 1 atom stereocenters. The Labute approximate surface area is 137 Å². The van der Waals surface area contributed by atoms with Crippen LogP contribution in [0.15, 0.2) is 18.2 Å². The second-order valence-corrected chi connectivity index (χ2v) is 7.47. The molecule has 1 amide bonds. The van der Waals surface area contributed by atoms with Gasteiger partial charge in [-0.15, -0.1) is 0 Å². The van der Waals surface area contributed by atoms with Gasteiger partial charge in [-0.05, 0) is 63.3 Å². The van der Waals surface area contributed by atoms with Crippen LogP contribution in [0.5, 0.6) is 5.75 Å². The molecule has 1 aromatic carbocycles. The Hall–Kier alpha value is -1.91. The SMILES string of the molecule is CC(C)(C)OC(=O)NCC1Cc2cc(NCC3CC3)ccc2O1.